The highest BCUT2D eigenvalue weighted by molar-refractivity contribution is 7.09. The van der Waals surface area contributed by atoms with E-state index in [1.165, 1.54) is 11.5 Å². The zero-order chi connectivity index (χ0) is 18.5. The lowest BCUT2D eigenvalue weighted by Gasteiger charge is -2.07. The average molecular weight is 375 g/mol. The number of para-hydroxylation sites is 1. The summed E-state index contributed by atoms with van der Waals surface area (Å²) >= 11 is 1.33. The molecule has 1 aromatic heterocycles. The van der Waals surface area contributed by atoms with E-state index >= 15 is 0 Å². The summed E-state index contributed by atoms with van der Waals surface area (Å²) in [6.07, 6.45) is 0. The van der Waals surface area contributed by atoms with Gasteiger partial charge in [0, 0.05) is 22.8 Å². The Labute approximate surface area is 161 Å². The molecule has 0 aliphatic carbocycles. The van der Waals surface area contributed by atoms with Gasteiger partial charge in [-0.05, 0) is 60.7 Å². The summed E-state index contributed by atoms with van der Waals surface area (Å²) in [6, 6.07) is 25.1. The van der Waals surface area contributed by atoms with Gasteiger partial charge in [-0.25, -0.2) is 0 Å². The minimum atomic E-state index is 0.689. The number of methoxy groups -OCH3 is 1. The molecule has 0 aliphatic heterocycles. The van der Waals surface area contributed by atoms with Gasteiger partial charge in [-0.15, -0.1) is 0 Å². The van der Waals surface area contributed by atoms with Crippen molar-refractivity contribution in [3.8, 4) is 28.6 Å². The van der Waals surface area contributed by atoms with Crippen LogP contribution in [0.15, 0.2) is 78.9 Å². The van der Waals surface area contributed by atoms with Gasteiger partial charge in [0.25, 0.3) is 0 Å². The van der Waals surface area contributed by atoms with Gasteiger partial charge in [-0.1, -0.05) is 18.2 Å². The minimum absolute atomic E-state index is 0.689. The zero-order valence-corrected chi connectivity index (χ0v) is 15.4. The molecular formula is C21H17N3O2S. The number of hydrogen-bond donors (Lipinski definition) is 1. The van der Waals surface area contributed by atoms with Crippen LogP contribution < -0.4 is 14.8 Å². The number of rotatable bonds is 6. The lowest BCUT2D eigenvalue weighted by Crippen LogP contribution is -1.89. The first-order valence-corrected chi connectivity index (χ1v) is 9.15. The number of nitrogens with one attached hydrogen (secondary N) is 1. The van der Waals surface area contributed by atoms with Crippen LogP contribution in [0, 0.1) is 0 Å². The molecule has 3 aromatic carbocycles. The summed E-state index contributed by atoms with van der Waals surface area (Å²) < 4.78 is 15.4. The van der Waals surface area contributed by atoms with E-state index in [9.17, 15) is 0 Å². The Balaban J connectivity index is 1.44. The number of aromatic nitrogens is 2. The third kappa shape index (κ3) is 4.24. The molecule has 134 valence electrons. The predicted molar refractivity (Wildman–Crippen MR) is 108 cm³/mol. The lowest BCUT2D eigenvalue weighted by atomic mass is 10.2. The second-order valence-electron chi connectivity index (χ2n) is 5.72. The van der Waals surface area contributed by atoms with Gasteiger partial charge in [-0.2, -0.15) is 9.36 Å². The molecule has 1 N–H and O–H groups in total. The fourth-order valence-electron chi connectivity index (χ4n) is 2.49. The SMILES string of the molecule is COc1ccc(Oc2ccc(-c3nsc(Nc4ccccc4)n3)cc2)cc1. The standard InChI is InChI=1S/C21H17N3O2S/c1-25-17-11-13-19(14-12-17)26-18-9-7-15(8-10-18)20-23-21(27-24-20)22-16-5-3-2-4-6-16/h2-14H,1H3,(H,22,23,24). The molecule has 27 heavy (non-hydrogen) atoms. The molecule has 6 heteroatoms. The van der Waals surface area contributed by atoms with Gasteiger partial charge < -0.3 is 14.8 Å². The molecule has 0 saturated carbocycles. The smallest absolute Gasteiger partial charge is 0.207 e. The maximum atomic E-state index is 5.85. The van der Waals surface area contributed by atoms with Crippen LogP contribution in [0.4, 0.5) is 10.8 Å². The van der Waals surface area contributed by atoms with E-state index in [0.717, 1.165) is 33.6 Å². The van der Waals surface area contributed by atoms with Crippen molar-refractivity contribution in [2.24, 2.45) is 0 Å². The molecule has 4 aromatic rings. The summed E-state index contributed by atoms with van der Waals surface area (Å²) in [6.45, 7) is 0. The molecule has 0 saturated heterocycles. The van der Waals surface area contributed by atoms with E-state index in [4.69, 9.17) is 9.47 Å². The second kappa shape index (κ2) is 7.88. The van der Waals surface area contributed by atoms with Crippen LogP contribution >= 0.6 is 11.5 Å². The molecule has 4 rings (SSSR count). The van der Waals surface area contributed by atoms with E-state index in [1.807, 2.05) is 78.9 Å². The highest BCUT2D eigenvalue weighted by atomic mass is 32.1. The molecule has 1 heterocycles. The van der Waals surface area contributed by atoms with Crippen molar-refractivity contribution in [3.63, 3.8) is 0 Å². The maximum Gasteiger partial charge on any atom is 0.207 e. The van der Waals surface area contributed by atoms with Crippen LogP contribution in [0.2, 0.25) is 0 Å². The van der Waals surface area contributed by atoms with Crippen molar-refractivity contribution in [3.05, 3.63) is 78.9 Å². The van der Waals surface area contributed by atoms with Gasteiger partial charge in [0.1, 0.15) is 17.2 Å². The van der Waals surface area contributed by atoms with Crippen LogP contribution in [0.3, 0.4) is 0 Å². The van der Waals surface area contributed by atoms with Gasteiger partial charge in [-0.3, -0.25) is 0 Å². The highest BCUT2D eigenvalue weighted by Gasteiger charge is 2.07. The molecule has 0 fully saturated rings. The summed E-state index contributed by atoms with van der Waals surface area (Å²) in [5, 5.41) is 4.02. The Morgan fingerprint density at radius 3 is 2.07 bits per heavy atom. The normalized spacial score (nSPS) is 10.4. The van der Waals surface area contributed by atoms with Gasteiger partial charge in [0.15, 0.2) is 5.82 Å². The van der Waals surface area contributed by atoms with Crippen molar-refractivity contribution >= 4 is 22.4 Å². The predicted octanol–water partition coefficient (Wildman–Crippen LogP) is 5.75. The topological polar surface area (TPSA) is 56.3 Å². The van der Waals surface area contributed by atoms with Crippen LogP contribution in [0.5, 0.6) is 17.2 Å². The zero-order valence-electron chi connectivity index (χ0n) is 14.6. The Hall–Kier alpha value is -3.38. The average Bonchev–Trinajstić information content (AvgIpc) is 3.18. The summed E-state index contributed by atoms with van der Waals surface area (Å²) in [4.78, 5) is 4.55. The van der Waals surface area contributed by atoms with Gasteiger partial charge in [0.2, 0.25) is 5.13 Å². The highest BCUT2D eigenvalue weighted by Crippen LogP contribution is 2.28. The minimum Gasteiger partial charge on any atom is -0.497 e. The second-order valence-corrected chi connectivity index (χ2v) is 6.47. The molecule has 0 bridgehead atoms. The van der Waals surface area contributed by atoms with Crippen molar-refractivity contribution in [2.45, 2.75) is 0 Å². The van der Waals surface area contributed by atoms with Crippen molar-refractivity contribution < 1.29 is 9.47 Å². The third-order valence-electron chi connectivity index (χ3n) is 3.86. The van der Waals surface area contributed by atoms with Crippen molar-refractivity contribution in [2.75, 3.05) is 12.4 Å². The maximum absolute atomic E-state index is 5.85. The van der Waals surface area contributed by atoms with Gasteiger partial charge in [0.05, 0.1) is 7.11 Å². The third-order valence-corrected chi connectivity index (χ3v) is 4.49. The number of ether oxygens (including phenoxy) is 2. The van der Waals surface area contributed by atoms with Crippen molar-refractivity contribution in [1.29, 1.82) is 0 Å². The van der Waals surface area contributed by atoms with Crippen molar-refractivity contribution in [1.82, 2.24) is 9.36 Å². The molecule has 0 unspecified atom stereocenters. The van der Waals surface area contributed by atoms with E-state index in [2.05, 4.69) is 14.7 Å². The Bertz CT molecular complexity index is 1000. The van der Waals surface area contributed by atoms with Crippen LogP contribution in [-0.4, -0.2) is 16.5 Å². The monoisotopic (exact) mass is 375 g/mol. The Kier molecular flexibility index (Phi) is 4.98. The fraction of sp³-hybridized carbons (Fsp3) is 0.0476. The first-order valence-electron chi connectivity index (χ1n) is 8.38. The Morgan fingerprint density at radius 1 is 0.778 bits per heavy atom. The van der Waals surface area contributed by atoms with E-state index in [1.54, 1.807) is 7.11 Å². The molecule has 0 aliphatic rings. The van der Waals surface area contributed by atoms with Crippen LogP contribution in [0.1, 0.15) is 0 Å². The first kappa shape index (κ1) is 17.1. The number of anilines is 2. The number of hydrogen-bond acceptors (Lipinski definition) is 6. The molecule has 0 spiro atoms. The summed E-state index contributed by atoms with van der Waals surface area (Å²) in [5.74, 6) is 2.99. The first-order chi connectivity index (χ1) is 13.3. The van der Waals surface area contributed by atoms with Crippen LogP contribution in [-0.2, 0) is 0 Å². The number of nitrogens with zero attached hydrogens (tertiary/aromatic N) is 2. The summed E-state index contributed by atoms with van der Waals surface area (Å²) in [7, 11) is 1.64. The quantitative estimate of drug-likeness (QED) is 0.465. The summed E-state index contributed by atoms with van der Waals surface area (Å²) in [5.41, 5.74) is 1.93. The van der Waals surface area contributed by atoms with Crippen LogP contribution in [0.25, 0.3) is 11.4 Å². The lowest BCUT2D eigenvalue weighted by molar-refractivity contribution is 0.413. The molecule has 0 radical (unpaired) electrons. The number of benzene rings is 3. The molecule has 0 amide bonds. The molecule has 0 atom stereocenters. The van der Waals surface area contributed by atoms with E-state index in [0.29, 0.717) is 5.82 Å². The fourth-order valence-corrected chi connectivity index (χ4v) is 3.10. The molecule has 5 nitrogen and oxygen atoms in total. The largest absolute Gasteiger partial charge is 0.497 e. The van der Waals surface area contributed by atoms with Gasteiger partial charge >= 0.3 is 0 Å². The Morgan fingerprint density at radius 2 is 1.41 bits per heavy atom. The van der Waals surface area contributed by atoms with E-state index < -0.39 is 0 Å². The van der Waals surface area contributed by atoms with E-state index in [-0.39, 0.29) is 0 Å². The molecular weight excluding hydrogens is 358 g/mol.